The van der Waals surface area contributed by atoms with Gasteiger partial charge in [-0.2, -0.15) is 5.26 Å². The minimum atomic E-state index is -0.302. The minimum Gasteiger partial charge on any atom is -0.348 e. The Hall–Kier alpha value is -1.63. The van der Waals surface area contributed by atoms with Gasteiger partial charge < -0.3 is 9.47 Å². The summed E-state index contributed by atoms with van der Waals surface area (Å²) in [6, 6.07) is 9.42. The van der Waals surface area contributed by atoms with E-state index in [9.17, 15) is 0 Å². The first kappa shape index (κ1) is 12.8. The number of allylic oxidation sites excluding steroid dienone is 1. The van der Waals surface area contributed by atoms with Gasteiger partial charge in [0.15, 0.2) is 6.29 Å². The summed E-state index contributed by atoms with van der Waals surface area (Å²) >= 11 is 0. The molecule has 1 aromatic carbocycles. The lowest BCUT2D eigenvalue weighted by molar-refractivity contribution is -0.197. The van der Waals surface area contributed by atoms with Crippen LogP contribution in [0.15, 0.2) is 36.4 Å². The molecule has 0 unspecified atom stereocenters. The number of ether oxygens (including phenoxy) is 2. The molecule has 0 bridgehead atoms. The van der Waals surface area contributed by atoms with Gasteiger partial charge in [0.1, 0.15) is 0 Å². The molecule has 1 aliphatic heterocycles. The van der Waals surface area contributed by atoms with Gasteiger partial charge in [-0.15, -0.1) is 0 Å². The lowest BCUT2D eigenvalue weighted by Gasteiger charge is -2.28. The molecule has 2 rings (SSSR count). The third-order valence-corrected chi connectivity index (χ3v) is 2.88. The number of hydrogen-bond acceptors (Lipinski definition) is 3. The smallest absolute Gasteiger partial charge is 0.183 e. The number of hydrogen-bond donors (Lipinski definition) is 0. The zero-order valence-corrected chi connectivity index (χ0v) is 10.5. The molecule has 1 fully saturated rings. The Balaban J connectivity index is 1.93. The van der Waals surface area contributed by atoms with Gasteiger partial charge in [0.2, 0.25) is 0 Å². The quantitative estimate of drug-likeness (QED) is 0.766. The molecular formula is C15H17NO2. The molecule has 0 radical (unpaired) electrons. The summed E-state index contributed by atoms with van der Waals surface area (Å²) in [6.45, 7) is 3.48. The minimum absolute atomic E-state index is 0.302. The van der Waals surface area contributed by atoms with E-state index in [2.05, 4.69) is 25.1 Å². The fraction of sp³-hybridized carbons (Fsp3) is 0.400. The van der Waals surface area contributed by atoms with Crippen LogP contribution in [0.2, 0.25) is 0 Å². The van der Waals surface area contributed by atoms with Gasteiger partial charge in [-0.25, -0.2) is 0 Å². The topological polar surface area (TPSA) is 42.2 Å². The lowest BCUT2D eigenvalue weighted by atomic mass is 10.1. The van der Waals surface area contributed by atoms with Crippen molar-refractivity contribution >= 4 is 0 Å². The summed E-state index contributed by atoms with van der Waals surface area (Å²) in [5.41, 5.74) is 1.62. The van der Waals surface area contributed by atoms with E-state index < -0.39 is 0 Å². The van der Waals surface area contributed by atoms with Gasteiger partial charge in [-0.3, -0.25) is 0 Å². The summed E-state index contributed by atoms with van der Waals surface area (Å²) in [5, 5.41) is 8.74. The van der Waals surface area contributed by atoms with Crippen LogP contribution in [0.1, 0.15) is 30.8 Å². The third kappa shape index (κ3) is 3.19. The van der Waals surface area contributed by atoms with Crippen LogP contribution in [0, 0.1) is 17.2 Å². The van der Waals surface area contributed by atoms with Gasteiger partial charge in [0.25, 0.3) is 0 Å². The van der Waals surface area contributed by atoms with Crippen molar-refractivity contribution in [2.45, 2.75) is 19.6 Å². The average Bonchev–Trinajstić information content (AvgIpc) is 2.46. The van der Waals surface area contributed by atoms with Gasteiger partial charge in [0, 0.05) is 11.5 Å². The van der Waals surface area contributed by atoms with E-state index in [4.69, 9.17) is 14.7 Å². The summed E-state index contributed by atoms with van der Waals surface area (Å²) in [4.78, 5) is 0. The van der Waals surface area contributed by atoms with E-state index in [0.29, 0.717) is 24.7 Å². The van der Waals surface area contributed by atoms with Gasteiger partial charge in [-0.1, -0.05) is 31.2 Å². The highest BCUT2D eigenvalue weighted by atomic mass is 16.7. The van der Waals surface area contributed by atoms with E-state index in [0.717, 1.165) is 12.0 Å². The number of nitriles is 1. The summed E-state index contributed by atoms with van der Waals surface area (Å²) in [7, 11) is 0. The van der Waals surface area contributed by atoms with Crippen molar-refractivity contribution in [2.24, 2.45) is 5.92 Å². The Kier molecular flexibility index (Phi) is 4.52. The van der Waals surface area contributed by atoms with Crippen molar-refractivity contribution in [1.82, 2.24) is 0 Å². The van der Waals surface area contributed by atoms with Gasteiger partial charge in [0.05, 0.1) is 24.8 Å². The first-order valence-corrected chi connectivity index (χ1v) is 6.23. The highest BCUT2D eigenvalue weighted by Crippen LogP contribution is 2.25. The molecule has 0 saturated carbocycles. The number of benzene rings is 1. The first-order chi connectivity index (χ1) is 8.83. The van der Waals surface area contributed by atoms with Crippen molar-refractivity contribution < 1.29 is 9.47 Å². The van der Waals surface area contributed by atoms with E-state index in [1.54, 1.807) is 12.1 Å². The average molecular weight is 243 g/mol. The SMILES string of the molecule is CC/C=C/C1COC(c2ccc(C#N)cc2)OC1. The number of nitrogens with zero attached hydrogens (tertiary/aromatic N) is 1. The van der Waals surface area contributed by atoms with Crippen LogP contribution in [-0.2, 0) is 9.47 Å². The fourth-order valence-corrected chi connectivity index (χ4v) is 1.87. The normalized spacial score (nSPS) is 24.0. The Bertz CT molecular complexity index is 437. The molecule has 0 aliphatic carbocycles. The Morgan fingerprint density at radius 1 is 1.28 bits per heavy atom. The van der Waals surface area contributed by atoms with Crippen LogP contribution < -0.4 is 0 Å². The van der Waals surface area contributed by atoms with Crippen LogP contribution in [0.4, 0.5) is 0 Å². The molecule has 1 aromatic rings. The summed E-state index contributed by atoms with van der Waals surface area (Å²) < 4.78 is 11.4. The second kappa shape index (κ2) is 6.34. The predicted molar refractivity (Wildman–Crippen MR) is 68.7 cm³/mol. The molecule has 1 aliphatic rings. The highest BCUT2D eigenvalue weighted by Gasteiger charge is 2.21. The van der Waals surface area contributed by atoms with Crippen molar-refractivity contribution in [1.29, 1.82) is 5.26 Å². The molecule has 1 saturated heterocycles. The molecule has 0 N–H and O–H groups in total. The molecule has 3 heteroatoms. The van der Waals surface area contributed by atoms with Gasteiger partial charge in [-0.05, 0) is 18.6 Å². The zero-order valence-electron chi connectivity index (χ0n) is 10.5. The Labute approximate surface area is 108 Å². The van der Waals surface area contributed by atoms with Crippen LogP contribution in [0.3, 0.4) is 0 Å². The van der Waals surface area contributed by atoms with Crippen molar-refractivity contribution in [3.8, 4) is 6.07 Å². The van der Waals surface area contributed by atoms with Crippen LogP contribution in [0.5, 0.6) is 0 Å². The summed E-state index contributed by atoms with van der Waals surface area (Å²) in [6.07, 6.45) is 5.02. The van der Waals surface area contributed by atoms with Crippen LogP contribution >= 0.6 is 0 Å². The van der Waals surface area contributed by atoms with E-state index in [-0.39, 0.29) is 6.29 Å². The Morgan fingerprint density at radius 2 is 1.94 bits per heavy atom. The number of rotatable bonds is 3. The van der Waals surface area contributed by atoms with E-state index in [1.165, 1.54) is 0 Å². The third-order valence-electron chi connectivity index (χ3n) is 2.88. The largest absolute Gasteiger partial charge is 0.348 e. The van der Waals surface area contributed by atoms with E-state index in [1.807, 2.05) is 12.1 Å². The predicted octanol–water partition coefficient (Wildman–Crippen LogP) is 3.19. The molecule has 3 nitrogen and oxygen atoms in total. The lowest BCUT2D eigenvalue weighted by Crippen LogP contribution is -2.25. The van der Waals surface area contributed by atoms with Gasteiger partial charge >= 0.3 is 0 Å². The molecular weight excluding hydrogens is 226 g/mol. The van der Waals surface area contributed by atoms with Crippen LogP contribution in [-0.4, -0.2) is 13.2 Å². The first-order valence-electron chi connectivity index (χ1n) is 6.23. The van der Waals surface area contributed by atoms with Crippen molar-refractivity contribution in [3.05, 3.63) is 47.5 Å². The second-order valence-corrected chi connectivity index (χ2v) is 4.33. The second-order valence-electron chi connectivity index (χ2n) is 4.33. The molecule has 18 heavy (non-hydrogen) atoms. The Morgan fingerprint density at radius 3 is 2.50 bits per heavy atom. The maximum absolute atomic E-state index is 8.74. The fourth-order valence-electron chi connectivity index (χ4n) is 1.87. The monoisotopic (exact) mass is 243 g/mol. The highest BCUT2D eigenvalue weighted by molar-refractivity contribution is 5.32. The van der Waals surface area contributed by atoms with E-state index >= 15 is 0 Å². The maximum atomic E-state index is 8.74. The van der Waals surface area contributed by atoms with Crippen molar-refractivity contribution in [2.75, 3.05) is 13.2 Å². The molecule has 0 amide bonds. The molecule has 94 valence electrons. The molecule has 0 aromatic heterocycles. The molecule has 0 atom stereocenters. The van der Waals surface area contributed by atoms with Crippen LogP contribution in [0.25, 0.3) is 0 Å². The summed E-state index contributed by atoms with van der Waals surface area (Å²) in [5.74, 6) is 0.347. The molecule has 0 spiro atoms. The maximum Gasteiger partial charge on any atom is 0.183 e. The zero-order chi connectivity index (χ0) is 12.8. The standard InChI is InChI=1S/C15H17NO2/c1-2-3-4-13-10-17-15(18-11-13)14-7-5-12(9-16)6-8-14/h3-8,13,15H,2,10-11H2,1H3/b4-3+. The molecule has 1 heterocycles. The van der Waals surface area contributed by atoms with Crippen molar-refractivity contribution in [3.63, 3.8) is 0 Å².